The Balaban J connectivity index is 1.82. The first-order valence-electron chi connectivity index (χ1n) is 10.7. The number of ether oxygens (including phenoxy) is 2. The Morgan fingerprint density at radius 3 is 2.19 bits per heavy atom. The summed E-state index contributed by atoms with van der Waals surface area (Å²) in [4.78, 5) is 14.5. The molecule has 0 radical (unpaired) electrons. The van der Waals surface area contributed by atoms with Crippen molar-refractivity contribution >= 4 is 11.6 Å². The van der Waals surface area contributed by atoms with E-state index in [0.29, 0.717) is 31.2 Å². The van der Waals surface area contributed by atoms with Crippen LogP contribution in [0.2, 0.25) is 0 Å². The maximum absolute atomic E-state index is 13.4. The number of carbonyl (C=O) groups excluding carboxylic acids is 1. The topological polar surface area (TPSA) is 52.0 Å². The molecule has 0 spiro atoms. The van der Waals surface area contributed by atoms with Crippen molar-refractivity contribution < 1.29 is 19.2 Å². The lowest BCUT2D eigenvalue weighted by Gasteiger charge is -2.25. The summed E-state index contributed by atoms with van der Waals surface area (Å²) in [6, 6.07) is 25.1. The summed E-state index contributed by atoms with van der Waals surface area (Å²) in [5, 5.41) is 3.08. The van der Waals surface area contributed by atoms with E-state index in [1.165, 1.54) is 0 Å². The van der Waals surface area contributed by atoms with Crippen LogP contribution in [-0.2, 0) is 11.3 Å². The molecular formula is C26H31N2O3+. The minimum absolute atomic E-state index is 0.0678. The number of hydrogen-bond donors (Lipinski definition) is 2. The third-order valence-electron chi connectivity index (χ3n) is 5.05. The Morgan fingerprint density at radius 1 is 0.871 bits per heavy atom. The Kier molecular flexibility index (Phi) is 8.07. The summed E-state index contributed by atoms with van der Waals surface area (Å²) in [6.07, 6.45) is 0. The van der Waals surface area contributed by atoms with E-state index in [2.05, 4.69) is 17.4 Å². The highest BCUT2D eigenvalue weighted by atomic mass is 16.5. The Labute approximate surface area is 184 Å². The second kappa shape index (κ2) is 11.2. The van der Waals surface area contributed by atoms with Crippen LogP contribution in [0.5, 0.6) is 11.5 Å². The van der Waals surface area contributed by atoms with Crippen LogP contribution >= 0.6 is 0 Å². The van der Waals surface area contributed by atoms with Crippen molar-refractivity contribution in [2.75, 3.05) is 25.6 Å². The SMILES string of the molecule is CCOc1ccc(C[NH+](C)[C@@H](C(=O)Nc2ccccc2OCC)c2ccccc2)cc1. The van der Waals surface area contributed by atoms with Gasteiger partial charge in [-0.05, 0) is 50.2 Å². The number of anilines is 1. The van der Waals surface area contributed by atoms with E-state index < -0.39 is 0 Å². The lowest BCUT2D eigenvalue weighted by atomic mass is 10.0. The largest absolute Gasteiger partial charge is 0.494 e. The van der Waals surface area contributed by atoms with Crippen LogP contribution < -0.4 is 19.7 Å². The van der Waals surface area contributed by atoms with E-state index >= 15 is 0 Å². The smallest absolute Gasteiger partial charge is 0.287 e. The number of likely N-dealkylation sites (N-methyl/N-ethyl adjacent to an activating group) is 1. The fraction of sp³-hybridized carbons (Fsp3) is 0.269. The van der Waals surface area contributed by atoms with Gasteiger partial charge in [-0.2, -0.15) is 0 Å². The van der Waals surface area contributed by atoms with Crippen LogP contribution in [0, 0.1) is 0 Å². The van der Waals surface area contributed by atoms with Crippen LogP contribution in [0.25, 0.3) is 0 Å². The summed E-state index contributed by atoms with van der Waals surface area (Å²) < 4.78 is 11.2. The van der Waals surface area contributed by atoms with Crippen molar-refractivity contribution in [1.29, 1.82) is 0 Å². The predicted molar refractivity (Wildman–Crippen MR) is 124 cm³/mol. The molecular weight excluding hydrogens is 388 g/mol. The number of nitrogens with one attached hydrogen (secondary N) is 2. The normalized spacial score (nSPS) is 12.6. The van der Waals surface area contributed by atoms with E-state index in [1.807, 2.05) is 87.6 Å². The van der Waals surface area contributed by atoms with E-state index in [-0.39, 0.29) is 11.9 Å². The Bertz CT molecular complexity index is 958. The maximum Gasteiger partial charge on any atom is 0.287 e. The monoisotopic (exact) mass is 419 g/mol. The average molecular weight is 420 g/mol. The van der Waals surface area contributed by atoms with E-state index in [9.17, 15) is 4.79 Å². The average Bonchev–Trinajstić information content (AvgIpc) is 2.78. The van der Waals surface area contributed by atoms with Crippen molar-refractivity contribution in [3.8, 4) is 11.5 Å². The number of benzene rings is 3. The van der Waals surface area contributed by atoms with Crippen LogP contribution in [0.1, 0.15) is 31.0 Å². The molecule has 0 bridgehead atoms. The van der Waals surface area contributed by atoms with Crippen LogP contribution in [-0.4, -0.2) is 26.2 Å². The minimum Gasteiger partial charge on any atom is -0.494 e. The number of para-hydroxylation sites is 2. The van der Waals surface area contributed by atoms with Gasteiger partial charge in [0.1, 0.15) is 18.0 Å². The molecule has 1 unspecified atom stereocenters. The first-order chi connectivity index (χ1) is 15.1. The molecule has 0 heterocycles. The number of carbonyl (C=O) groups is 1. The molecule has 0 saturated heterocycles. The predicted octanol–water partition coefficient (Wildman–Crippen LogP) is 3.88. The first kappa shape index (κ1) is 22.4. The lowest BCUT2D eigenvalue weighted by Crippen LogP contribution is -3.09. The van der Waals surface area contributed by atoms with Gasteiger partial charge in [-0.25, -0.2) is 0 Å². The van der Waals surface area contributed by atoms with Crippen molar-refractivity contribution in [2.24, 2.45) is 0 Å². The number of quaternary nitrogens is 1. The van der Waals surface area contributed by atoms with Gasteiger partial charge in [0.15, 0.2) is 6.04 Å². The van der Waals surface area contributed by atoms with E-state index in [1.54, 1.807) is 0 Å². The maximum atomic E-state index is 13.4. The molecule has 0 aliphatic rings. The molecule has 31 heavy (non-hydrogen) atoms. The molecule has 0 saturated carbocycles. The third-order valence-corrected chi connectivity index (χ3v) is 5.05. The molecule has 162 valence electrons. The molecule has 2 atom stereocenters. The van der Waals surface area contributed by atoms with Gasteiger partial charge >= 0.3 is 0 Å². The first-order valence-corrected chi connectivity index (χ1v) is 10.7. The van der Waals surface area contributed by atoms with Gasteiger partial charge in [-0.1, -0.05) is 42.5 Å². The highest BCUT2D eigenvalue weighted by Crippen LogP contribution is 2.25. The van der Waals surface area contributed by atoms with Gasteiger partial charge in [0.2, 0.25) is 0 Å². The molecule has 0 aromatic heterocycles. The summed E-state index contributed by atoms with van der Waals surface area (Å²) in [7, 11) is 2.04. The van der Waals surface area contributed by atoms with Crippen molar-refractivity contribution in [3.05, 3.63) is 90.0 Å². The number of amides is 1. The Morgan fingerprint density at radius 2 is 1.52 bits per heavy atom. The standard InChI is InChI=1S/C26H30N2O3/c1-4-30-22-17-15-20(16-18-22)19-28(3)25(21-11-7-6-8-12-21)26(29)27-23-13-9-10-14-24(23)31-5-2/h6-18,25H,4-5,19H2,1-3H3,(H,27,29)/p+1/t25-/m1/s1. The van der Waals surface area contributed by atoms with Gasteiger partial charge < -0.3 is 19.7 Å². The van der Waals surface area contributed by atoms with Crippen molar-refractivity contribution in [2.45, 2.75) is 26.4 Å². The second-order valence-corrected chi connectivity index (χ2v) is 7.36. The zero-order chi connectivity index (χ0) is 22.1. The van der Waals surface area contributed by atoms with Gasteiger partial charge in [0.25, 0.3) is 5.91 Å². The molecule has 0 aliphatic carbocycles. The number of hydrogen-bond acceptors (Lipinski definition) is 3. The fourth-order valence-corrected chi connectivity index (χ4v) is 3.66. The summed E-state index contributed by atoms with van der Waals surface area (Å²) in [5.41, 5.74) is 2.80. The zero-order valence-corrected chi connectivity index (χ0v) is 18.4. The summed E-state index contributed by atoms with van der Waals surface area (Å²) in [5.74, 6) is 1.46. The summed E-state index contributed by atoms with van der Waals surface area (Å²) in [6.45, 7) is 5.78. The minimum atomic E-state index is -0.373. The molecule has 3 aromatic carbocycles. The zero-order valence-electron chi connectivity index (χ0n) is 18.4. The van der Waals surface area contributed by atoms with Gasteiger partial charge in [-0.3, -0.25) is 4.79 Å². The number of rotatable bonds is 10. The third kappa shape index (κ3) is 6.09. The van der Waals surface area contributed by atoms with Crippen molar-refractivity contribution in [3.63, 3.8) is 0 Å². The molecule has 3 rings (SSSR count). The Hall–Kier alpha value is -3.31. The van der Waals surface area contributed by atoms with E-state index in [0.717, 1.165) is 21.8 Å². The molecule has 0 fully saturated rings. The molecule has 1 amide bonds. The van der Waals surface area contributed by atoms with Crippen LogP contribution in [0.15, 0.2) is 78.9 Å². The quantitative estimate of drug-likeness (QED) is 0.524. The molecule has 3 aromatic rings. The molecule has 5 nitrogen and oxygen atoms in total. The highest BCUT2D eigenvalue weighted by molar-refractivity contribution is 5.95. The molecule has 5 heteroatoms. The highest BCUT2D eigenvalue weighted by Gasteiger charge is 2.29. The fourth-order valence-electron chi connectivity index (χ4n) is 3.66. The lowest BCUT2D eigenvalue weighted by molar-refractivity contribution is -0.915. The van der Waals surface area contributed by atoms with Gasteiger partial charge in [0.05, 0.1) is 25.9 Å². The second-order valence-electron chi connectivity index (χ2n) is 7.36. The van der Waals surface area contributed by atoms with E-state index in [4.69, 9.17) is 9.47 Å². The van der Waals surface area contributed by atoms with Crippen LogP contribution in [0.3, 0.4) is 0 Å². The van der Waals surface area contributed by atoms with Crippen LogP contribution in [0.4, 0.5) is 5.69 Å². The molecule has 2 N–H and O–H groups in total. The van der Waals surface area contributed by atoms with Crippen molar-refractivity contribution in [1.82, 2.24) is 0 Å². The van der Waals surface area contributed by atoms with Gasteiger partial charge in [-0.15, -0.1) is 0 Å². The van der Waals surface area contributed by atoms with Gasteiger partial charge in [0, 0.05) is 11.1 Å². The summed E-state index contributed by atoms with van der Waals surface area (Å²) >= 11 is 0. The molecule has 0 aliphatic heterocycles.